The third kappa shape index (κ3) is 8.89. The van der Waals surface area contributed by atoms with E-state index in [1.165, 1.54) is 30.2 Å². The minimum atomic E-state index is -4.26. The summed E-state index contributed by atoms with van der Waals surface area (Å²) in [6, 6.07) is 28.4. The largest absolute Gasteiger partial charge is 0.497 e. The summed E-state index contributed by atoms with van der Waals surface area (Å²) in [5, 5.41) is 3.36. The van der Waals surface area contributed by atoms with Crippen LogP contribution in [0, 0.1) is 6.92 Å². The van der Waals surface area contributed by atoms with Crippen LogP contribution in [0.5, 0.6) is 5.75 Å². The molecule has 4 rings (SSSR count). The molecule has 0 aromatic heterocycles. The summed E-state index contributed by atoms with van der Waals surface area (Å²) in [5.41, 5.74) is 2.90. The van der Waals surface area contributed by atoms with E-state index in [4.69, 9.17) is 16.3 Å². The van der Waals surface area contributed by atoms with Crippen molar-refractivity contribution in [3.05, 3.63) is 125 Å². The van der Waals surface area contributed by atoms with Crippen LogP contribution in [0.4, 0.5) is 5.69 Å². The molecule has 2 amide bonds. The van der Waals surface area contributed by atoms with Crippen molar-refractivity contribution in [2.24, 2.45) is 0 Å². The Kier molecular flexibility index (Phi) is 11.8. The summed E-state index contributed by atoms with van der Waals surface area (Å²) in [5.74, 6) is -0.366. The Hall–Kier alpha value is -4.34. The van der Waals surface area contributed by atoms with E-state index < -0.39 is 28.5 Å². The third-order valence-electron chi connectivity index (χ3n) is 7.73. The van der Waals surface area contributed by atoms with Crippen molar-refractivity contribution >= 4 is 39.1 Å². The first-order valence-corrected chi connectivity index (χ1v) is 16.9. The van der Waals surface area contributed by atoms with Crippen LogP contribution in [0.2, 0.25) is 5.02 Å². The molecule has 0 heterocycles. The standard InChI is InChI=1S/C36H40ClN3O5S/c1-5-27(3)38-36(42)34(22-28-12-7-6-8-13-28)39(24-29-14-9-11-26(2)21-29)35(41)25-40(31-16-10-15-30(37)23-31)46(43,44)33-19-17-32(45-4)18-20-33/h6-21,23,27,34H,5,22,24-25H2,1-4H3,(H,38,42)/t27-,34+/m1/s1. The van der Waals surface area contributed by atoms with E-state index >= 15 is 0 Å². The summed E-state index contributed by atoms with van der Waals surface area (Å²) < 4.78 is 34.6. The Morgan fingerprint density at radius 2 is 1.57 bits per heavy atom. The van der Waals surface area contributed by atoms with Crippen LogP contribution in [0.3, 0.4) is 0 Å². The van der Waals surface area contributed by atoms with E-state index in [1.54, 1.807) is 30.3 Å². The summed E-state index contributed by atoms with van der Waals surface area (Å²) in [6.45, 7) is 5.36. The summed E-state index contributed by atoms with van der Waals surface area (Å²) in [4.78, 5) is 30.0. The predicted octanol–water partition coefficient (Wildman–Crippen LogP) is 6.41. The van der Waals surface area contributed by atoms with Crippen LogP contribution in [-0.4, -0.2) is 50.9 Å². The second kappa shape index (κ2) is 15.8. The Morgan fingerprint density at radius 1 is 0.891 bits per heavy atom. The topological polar surface area (TPSA) is 96.0 Å². The molecule has 10 heteroatoms. The molecule has 4 aromatic rings. The van der Waals surface area contributed by atoms with Gasteiger partial charge in [0.25, 0.3) is 10.0 Å². The number of sulfonamides is 1. The van der Waals surface area contributed by atoms with Gasteiger partial charge < -0.3 is 15.0 Å². The van der Waals surface area contributed by atoms with E-state index in [2.05, 4.69) is 5.32 Å². The van der Waals surface area contributed by atoms with Gasteiger partial charge in [-0.25, -0.2) is 8.42 Å². The van der Waals surface area contributed by atoms with Gasteiger partial charge in [-0.1, -0.05) is 84.8 Å². The second-order valence-electron chi connectivity index (χ2n) is 11.2. The number of nitrogens with one attached hydrogen (secondary N) is 1. The Morgan fingerprint density at radius 3 is 2.20 bits per heavy atom. The highest BCUT2D eigenvalue weighted by Crippen LogP contribution is 2.28. The Labute approximate surface area is 277 Å². The first-order chi connectivity index (χ1) is 22.0. The van der Waals surface area contributed by atoms with Gasteiger partial charge >= 0.3 is 0 Å². The lowest BCUT2D eigenvalue weighted by molar-refractivity contribution is -0.140. The minimum Gasteiger partial charge on any atom is -0.497 e. The molecular weight excluding hydrogens is 622 g/mol. The SMILES string of the molecule is CC[C@@H](C)NC(=O)[C@H](Cc1ccccc1)N(Cc1cccc(C)c1)C(=O)CN(c1cccc(Cl)c1)S(=O)(=O)c1ccc(OC)cc1. The van der Waals surface area contributed by atoms with Gasteiger partial charge in [0.1, 0.15) is 18.3 Å². The highest BCUT2D eigenvalue weighted by molar-refractivity contribution is 7.92. The molecule has 0 unspecified atom stereocenters. The van der Waals surface area contributed by atoms with Gasteiger partial charge in [0.2, 0.25) is 11.8 Å². The Bertz CT molecular complexity index is 1730. The Balaban J connectivity index is 1.81. The third-order valence-corrected chi connectivity index (χ3v) is 9.75. The van der Waals surface area contributed by atoms with Crippen molar-refractivity contribution in [2.45, 2.75) is 57.1 Å². The van der Waals surface area contributed by atoms with Crippen LogP contribution >= 0.6 is 11.6 Å². The number of carbonyl (C=O) groups is 2. The molecular formula is C36H40ClN3O5S. The normalized spacial score (nSPS) is 12.5. The summed E-state index contributed by atoms with van der Waals surface area (Å²) >= 11 is 6.30. The van der Waals surface area contributed by atoms with Gasteiger partial charge in [-0.3, -0.25) is 13.9 Å². The molecule has 0 saturated carbocycles. The molecule has 0 radical (unpaired) electrons. The molecule has 1 N–H and O–H groups in total. The van der Waals surface area contributed by atoms with Gasteiger partial charge in [0.05, 0.1) is 17.7 Å². The lowest BCUT2D eigenvalue weighted by Gasteiger charge is -2.34. The number of rotatable bonds is 14. The number of benzene rings is 4. The molecule has 0 aliphatic heterocycles. The van der Waals surface area contributed by atoms with Crippen molar-refractivity contribution in [3.63, 3.8) is 0 Å². The van der Waals surface area contributed by atoms with Crippen LogP contribution in [0.15, 0.2) is 108 Å². The number of aryl methyl sites for hydroxylation is 1. The fourth-order valence-corrected chi connectivity index (χ4v) is 6.63. The van der Waals surface area contributed by atoms with Gasteiger partial charge in [-0.15, -0.1) is 0 Å². The van der Waals surface area contributed by atoms with E-state index in [0.717, 1.165) is 21.0 Å². The van der Waals surface area contributed by atoms with E-state index in [-0.39, 0.29) is 35.5 Å². The fraction of sp³-hybridized carbons (Fsp3) is 0.278. The van der Waals surface area contributed by atoms with Crippen molar-refractivity contribution in [2.75, 3.05) is 18.0 Å². The molecule has 242 valence electrons. The second-order valence-corrected chi connectivity index (χ2v) is 13.5. The molecule has 0 spiro atoms. The molecule has 0 saturated heterocycles. The van der Waals surface area contributed by atoms with Gasteiger partial charge in [-0.2, -0.15) is 0 Å². The number of ether oxygens (including phenoxy) is 1. The lowest BCUT2D eigenvalue weighted by Crippen LogP contribution is -2.54. The maximum Gasteiger partial charge on any atom is 0.264 e. The smallest absolute Gasteiger partial charge is 0.264 e. The molecule has 2 atom stereocenters. The monoisotopic (exact) mass is 661 g/mol. The molecule has 4 aromatic carbocycles. The number of hydrogen-bond donors (Lipinski definition) is 1. The lowest BCUT2D eigenvalue weighted by atomic mass is 10.0. The zero-order chi connectivity index (χ0) is 33.3. The maximum absolute atomic E-state index is 14.6. The summed E-state index contributed by atoms with van der Waals surface area (Å²) in [6.07, 6.45) is 0.946. The fourth-order valence-electron chi connectivity index (χ4n) is 5.04. The number of methoxy groups -OCH3 is 1. The number of anilines is 1. The highest BCUT2D eigenvalue weighted by atomic mass is 35.5. The van der Waals surface area contributed by atoms with E-state index in [0.29, 0.717) is 17.2 Å². The molecule has 0 bridgehead atoms. The van der Waals surface area contributed by atoms with Crippen LogP contribution in [0.25, 0.3) is 0 Å². The van der Waals surface area contributed by atoms with Crippen LogP contribution in [0.1, 0.15) is 37.0 Å². The molecule has 46 heavy (non-hydrogen) atoms. The zero-order valence-electron chi connectivity index (χ0n) is 26.5. The average molecular weight is 662 g/mol. The summed E-state index contributed by atoms with van der Waals surface area (Å²) in [7, 11) is -2.77. The van der Waals surface area contributed by atoms with Crippen molar-refractivity contribution in [1.82, 2.24) is 10.2 Å². The maximum atomic E-state index is 14.6. The van der Waals surface area contributed by atoms with E-state index in [9.17, 15) is 18.0 Å². The first kappa shape index (κ1) is 34.5. The number of nitrogens with zero attached hydrogens (tertiary/aromatic N) is 2. The first-order valence-electron chi connectivity index (χ1n) is 15.1. The molecule has 8 nitrogen and oxygen atoms in total. The average Bonchev–Trinajstić information content (AvgIpc) is 3.05. The van der Waals surface area contributed by atoms with Crippen molar-refractivity contribution in [1.29, 1.82) is 0 Å². The number of hydrogen-bond acceptors (Lipinski definition) is 5. The minimum absolute atomic E-state index is 0.0262. The van der Waals surface area contributed by atoms with Crippen molar-refractivity contribution in [3.8, 4) is 5.75 Å². The number of halogens is 1. The molecule has 0 aliphatic carbocycles. The zero-order valence-corrected chi connectivity index (χ0v) is 28.1. The molecule has 0 aliphatic rings. The predicted molar refractivity (Wildman–Crippen MR) is 183 cm³/mol. The molecule has 0 fully saturated rings. The van der Waals surface area contributed by atoms with Crippen molar-refractivity contribution < 1.29 is 22.7 Å². The van der Waals surface area contributed by atoms with Gasteiger partial charge in [0, 0.05) is 24.0 Å². The number of carbonyl (C=O) groups excluding carboxylic acids is 2. The number of amides is 2. The van der Waals surface area contributed by atoms with E-state index in [1.807, 2.05) is 75.4 Å². The highest BCUT2D eigenvalue weighted by Gasteiger charge is 2.35. The van der Waals surface area contributed by atoms with Crippen LogP contribution < -0.4 is 14.4 Å². The quantitative estimate of drug-likeness (QED) is 0.169. The van der Waals surface area contributed by atoms with Crippen LogP contribution in [-0.2, 0) is 32.6 Å². The van der Waals surface area contributed by atoms with Gasteiger partial charge in [0.15, 0.2) is 0 Å². The van der Waals surface area contributed by atoms with Gasteiger partial charge in [-0.05, 0) is 73.9 Å².